The van der Waals surface area contributed by atoms with Crippen LogP contribution in [0.1, 0.15) is 23.2 Å². The summed E-state index contributed by atoms with van der Waals surface area (Å²) in [6.45, 7) is 2.04. The van der Waals surface area contributed by atoms with E-state index in [0.29, 0.717) is 11.3 Å². The number of carbonyl (C=O) groups is 1. The van der Waals surface area contributed by atoms with Gasteiger partial charge < -0.3 is 15.0 Å². The topological polar surface area (TPSA) is 41.6 Å². The summed E-state index contributed by atoms with van der Waals surface area (Å²) in [6.07, 6.45) is 1.98. The van der Waals surface area contributed by atoms with Crippen LogP contribution in [-0.2, 0) is 0 Å². The van der Waals surface area contributed by atoms with Crippen molar-refractivity contribution < 1.29 is 9.53 Å². The minimum Gasteiger partial charge on any atom is -0.457 e. The zero-order chi connectivity index (χ0) is 16.1. The Kier molecular flexibility index (Phi) is 4.93. The van der Waals surface area contributed by atoms with E-state index in [1.807, 2.05) is 54.6 Å². The maximum absolute atomic E-state index is 12.6. The van der Waals surface area contributed by atoms with Gasteiger partial charge in [-0.25, -0.2) is 0 Å². The smallest absolute Gasteiger partial charge is 0.255 e. The van der Waals surface area contributed by atoms with E-state index in [9.17, 15) is 4.79 Å². The molecule has 3 rings (SSSR count). The number of likely N-dealkylation sites (tertiary alicyclic amines) is 1. The lowest BCUT2D eigenvalue weighted by Gasteiger charge is -2.29. The Bertz CT molecular complexity index is 649. The molecule has 2 aromatic rings. The van der Waals surface area contributed by atoms with Crippen molar-refractivity contribution in [3.63, 3.8) is 0 Å². The zero-order valence-corrected chi connectivity index (χ0v) is 13.4. The molecule has 1 aliphatic rings. The Morgan fingerprint density at radius 2 is 1.70 bits per heavy atom. The lowest BCUT2D eigenvalue weighted by Crippen LogP contribution is -2.43. The summed E-state index contributed by atoms with van der Waals surface area (Å²) in [5.74, 6) is 1.25. The monoisotopic (exact) mass is 310 g/mol. The molecule has 1 saturated heterocycles. The minimum absolute atomic E-state index is 0.0638. The van der Waals surface area contributed by atoms with Crippen molar-refractivity contribution in [1.82, 2.24) is 10.2 Å². The number of hydrogen-bond donors (Lipinski definition) is 1. The summed E-state index contributed by atoms with van der Waals surface area (Å²) < 4.78 is 5.87. The van der Waals surface area contributed by atoms with Crippen molar-refractivity contribution in [3.8, 4) is 11.5 Å². The fraction of sp³-hybridized carbons (Fsp3) is 0.316. The summed E-state index contributed by atoms with van der Waals surface area (Å²) in [7, 11) is 2.11. The van der Waals surface area contributed by atoms with Gasteiger partial charge in [0.05, 0.1) is 5.56 Å². The first kappa shape index (κ1) is 15.6. The number of carbonyl (C=O) groups excluding carboxylic acids is 1. The summed E-state index contributed by atoms with van der Waals surface area (Å²) in [6, 6.07) is 17.1. The molecular weight excluding hydrogens is 288 g/mol. The van der Waals surface area contributed by atoms with Gasteiger partial charge in [0.25, 0.3) is 5.91 Å². The van der Waals surface area contributed by atoms with Gasteiger partial charge >= 0.3 is 0 Å². The lowest BCUT2D eigenvalue weighted by atomic mass is 10.0. The first-order valence-corrected chi connectivity index (χ1v) is 8.04. The molecule has 0 spiro atoms. The normalized spacial score (nSPS) is 16.0. The van der Waals surface area contributed by atoms with Crippen molar-refractivity contribution in [3.05, 3.63) is 60.2 Å². The maximum atomic E-state index is 12.6. The third kappa shape index (κ3) is 4.11. The average molecular weight is 310 g/mol. The van der Waals surface area contributed by atoms with Crippen LogP contribution in [-0.4, -0.2) is 37.0 Å². The van der Waals surface area contributed by atoms with Crippen LogP contribution in [0.3, 0.4) is 0 Å². The summed E-state index contributed by atoms with van der Waals surface area (Å²) in [5, 5.41) is 3.14. The Hall–Kier alpha value is -2.33. The Morgan fingerprint density at radius 3 is 2.43 bits per heavy atom. The molecule has 0 atom stereocenters. The van der Waals surface area contributed by atoms with Crippen molar-refractivity contribution >= 4 is 5.91 Å². The van der Waals surface area contributed by atoms with Crippen molar-refractivity contribution in [2.24, 2.45) is 0 Å². The number of hydrogen-bond acceptors (Lipinski definition) is 3. The van der Waals surface area contributed by atoms with Gasteiger partial charge in [0.15, 0.2) is 0 Å². The van der Waals surface area contributed by atoms with Crippen LogP contribution < -0.4 is 10.1 Å². The molecule has 120 valence electrons. The third-order valence-corrected chi connectivity index (χ3v) is 4.16. The summed E-state index contributed by atoms with van der Waals surface area (Å²) in [4.78, 5) is 14.9. The lowest BCUT2D eigenvalue weighted by molar-refractivity contribution is 0.0914. The summed E-state index contributed by atoms with van der Waals surface area (Å²) >= 11 is 0. The molecule has 1 heterocycles. The quantitative estimate of drug-likeness (QED) is 0.942. The Labute approximate surface area is 137 Å². The molecule has 1 N–H and O–H groups in total. The van der Waals surface area contributed by atoms with Gasteiger partial charge in [-0.15, -0.1) is 0 Å². The second-order valence-electron chi connectivity index (χ2n) is 5.96. The highest BCUT2D eigenvalue weighted by Gasteiger charge is 2.20. The molecule has 2 aromatic carbocycles. The van der Waals surface area contributed by atoms with Gasteiger partial charge in [-0.05, 0) is 57.2 Å². The highest BCUT2D eigenvalue weighted by Crippen LogP contribution is 2.25. The number of rotatable bonds is 4. The van der Waals surface area contributed by atoms with Crippen LogP contribution in [0.4, 0.5) is 0 Å². The number of benzene rings is 2. The third-order valence-electron chi connectivity index (χ3n) is 4.16. The number of piperidine rings is 1. The SMILES string of the molecule is CN1CCC(NC(=O)c2ccccc2Oc2ccccc2)CC1. The average Bonchev–Trinajstić information content (AvgIpc) is 2.58. The fourth-order valence-corrected chi connectivity index (χ4v) is 2.77. The van der Waals surface area contributed by atoms with E-state index in [1.165, 1.54) is 0 Å². The van der Waals surface area contributed by atoms with E-state index >= 15 is 0 Å². The predicted molar refractivity (Wildman–Crippen MR) is 90.9 cm³/mol. The molecule has 0 unspecified atom stereocenters. The Morgan fingerprint density at radius 1 is 1.04 bits per heavy atom. The van der Waals surface area contributed by atoms with Crippen molar-refractivity contribution in [1.29, 1.82) is 0 Å². The van der Waals surface area contributed by atoms with Gasteiger partial charge in [0.1, 0.15) is 11.5 Å². The van der Waals surface area contributed by atoms with E-state index in [2.05, 4.69) is 17.3 Å². The zero-order valence-electron chi connectivity index (χ0n) is 13.4. The van der Waals surface area contributed by atoms with Gasteiger partial charge in [0, 0.05) is 6.04 Å². The van der Waals surface area contributed by atoms with Gasteiger partial charge in [0.2, 0.25) is 0 Å². The van der Waals surface area contributed by atoms with Crippen LogP contribution in [0.25, 0.3) is 0 Å². The van der Waals surface area contributed by atoms with Crippen LogP contribution in [0.2, 0.25) is 0 Å². The minimum atomic E-state index is -0.0638. The highest BCUT2D eigenvalue weighted by atomic mass is 16.5. The number of nitrogens with one attached hydrogen (secondary N) is 1. The van der Waals surface area contributed by atoms with E-state index in [-0.39, 0.29) is 11.9 Å². The summed E-state index contributed by atoms with van der Waals surface area (Å²) in [5.41, 5.74) is 0.579. The van der Waals surface area contributed by atoms with Crippen LogP contribution in [0.5, 0.6) is 11.5 Å². The molecule has 0 aliphatic carbocycles. The molecule has 0 aromatic heterocycles. The van der Waals surface area contributed by atoms with Crippen molar-refractivity contribution in [2.45, 2.75) is 18.9 Å². The molecule has 4 heteroatoms. The first-order valence-electron chi connectivity index (χ1n) is 8.04. The number of para-hydroxylation sites is 2. The second kappa shape index (κ2) is 7.29. The molecule has 23 heavy (non-hydrogen) atoms. The van der Waals surface area contributed by atoms with Crippen LogP contribution in [0, 0.1) is 0 Å². The maximum Gasteiger partial charge on any atom is 0.255 e. The molecule has 0 saturated carbocycles. The highest BCUT2D eigenvalue weighted by molar-refractivity contribution is 5.97. The van der Waals surface area contributed by atoms with E-state index in [4.69, 9.17) is 4.74 Å². The molecule has 0 radical (unpaired) electrons. The number of ether oxygens (including phenoxy) is 1. The first-order chi connectivity index (χ1) is 11.2. The molecule has 1 aliphatic heterocycles. The molecule has 4 nitrogen and oxygen atoms in total. The van der Waals surface area contributed by atoms with Crippen LogP contribution >= 0.6 is 0 Å². The number of nitrogens with zero attached hydrogens (tertiary/aromatic N) is 1. The fourth-order valence-electron chi connectivity index (χ4n) is 2.77. The predicted octanol–water partition coefficient (Wildman–Crippen LogP) is 3.30. The molecule has 1 fully saturated rings. The number of amides is 1. The van der Waals surface area contributed by atoms with Gasteiger partial charge in [-0.3, -0.25) is 4.79 Å². The van der Waals surface area contributed by atoms with E-state index < -0.39 is 0 Å². The van der Waals surface area contributed by atoms with Gasteiger partial charge in [-0.2, -0.15) is 0 Å². The van der Waals surface area contributed by atoms with E-state index in [0.717, 1.165) is 31.7 Å². The van der Waals surface area contributed by atoms with Gasteiger partial charge in [-0.1, -0.05) is 30.3 Å². The standard InChI is InChI=1S/C19H22N2O2/c1-21-13-11-15(12-14-21)20-19(22)17-9-5-6-10-18(17)23-16-7-3-2-4-8-16/h2-10,15H,11-14H2,1H3,(H,20,22). The van der Waals surface area contributed by atoms with Crippen LogP contribution in [0.15, 0.2) is 54.6 Å². The Balaban J connectivity index is 1.70. The van der Waals surface area contributed by atoms with Crippen molar-refractivity contribution in [2.75, 3.05) is 20.1 Å². The van der Waals surface area contributed by atoms with E-state index in [1.54, 1.807) is 0 Å². The molecule has 1 amide bonds. The molecular formula is C19H22N2O2. The second-order valence-corrected chi connectivity index (χ2v) is 5.96. The largest absolute Gasteiger partial charge is 0.457 e. The molecule has 0 bridgehead atoms.